The first-order valence-electron chi connectivity index (χ1n) is 9.07. The summed E-state index contributed by atoms with van der Waals surface area (Å²) in [5, 5.41) is 1.27. The smallest absolute Gasteiger partial charge is 0.319 e. The summed E-state index contributed by atoms with van der Waals surface area (Å²) in [6.07, 6.45) is 3.16. The van der Waals surface area contributed by atoms with E-state index in [2.05, 4.69) is 41.1 Å². The lowest BCUT2D eigenvalue weighted by atomic mass is 9.57. The molecule has 126 valence electrons. The van der Waals surface area contributed by atoms with Crippen molar-refractivity contribution in [2.75, 3.05) is 20.2 Å². The van der Waals surface area contributed by atoms with E-state index in [4.69, 9.17) is 4.74 Å². The number of fused-ring (bicyclic) bond motifs is 4. The predicted octanol–water partition coefficient (Wildman–Crippen LogP) is 2.87. The summed E-state index contributed by atoms with van der Waals surface area (Å²) < 4.78 is 5.39. The minimum absolute atomic E-state index is 0.0524. The van der Waals surface area contributed by atoms with E-state index < -0.39 is 5.41 Å². The number of benzene rings is 1. The van der Waals surface area contributed by atoms with Crippen LogP contribution in [0, 0.1) is 11.8 Å². The van der Waals surface area contributed by atoms with E-state index >= 15 is 0 Å². The molecular formula is C20H24N2O2. The Hall–Kier alpha value is -1.81. The predicted molar refractivity (Wildman–Crippen MR) is 92.9 cm³/mol. The third-order valence-corrected chi connectivity index (χ3v) is 6.70. The Kier molecular flexibility index (Phi) is 2.94. The minimum atomic E-state index is -0.528. The molecule has 1 aromatic carbocycles. The van der Waals surface area contributed by atoms with Gasteiger partial charge in [-0.2, -0.15) is 0 Å². The standard InChI is InChI=1S/C20H24N2O2/c1-12-9-13-10-20(19(23)24-2)17-15(7-8-22(11-13)18(12)20)14-5-3-4-6-16(14)21-17/h3-6,12-13,18,21H,7-11H2,1-2H3/t12-,13-,18+,20-/m1/s1. The lowest BCUT2D eigenvalue weighted by molar-refractivity contribution is -0.161. The molecule has 0 radical (unpaired) electrons. The van der Waals surface area contributed by atoms with Crippen molar-refractivity contribution in [1.82, 2.24) is 9.88 Å². The van der Waals surface area contributed by atoms with Gasteiger partial charge in [0.1, 0.15) is 5.41 Å². The van der Waals surface area contributed by atoms with E-state index in [1.807, 2.05) is 0 Å². The Morgan fingerprint density at radius 1 is 1.38 bits per heavy atom. The quantitative estimate of drug-likeness (QED) is 0.821. The second-order valence-electron chi connectivity index (χ2n) is 7.96. The Labute approximate surface area is 142 Å². The molecule has 5 atom stereocenters. The molecule has 4 heteroatoms. The molecular weight excluding hydrogens is 300 g/mol. The molecule has 4 nitrogen and oxygen atoms in total. The number of carbonyl (C=O) groups is 1. The highest BCUT2D eigenvalue weighted by molar-refractivity contribution is 5.91. The van der Waals surface area contributed by atoms with Crippen LogP contribution in [-0.2, 0) is 21.4 Å². The van der Waals surface area contributed by atoms with Gasteiger partial charge in [-0.05, 0) is 42.7 Å². The summed E-state index contributed by atoms with van der Waals surface area (Å²) in [5.74, 6) is 1.05. The monoisotopic (exact) mass is 324 g/mol. The SMILES string of the molecule is COC(=O)[C@@]12C[C@H]3C[C@@H](C)[C@@H]1N(CCc1c2[nH]c2ccccc12)C3. The van der Waals surface area contributed by atoms with Gasteiger partial charge in [0, 0.05) is 35.7 Å². The molecule has 1 aliphatic carbocycles. The zero-order chi connectivity index (χ0) is 16.5. The van der Waals surface area contributed by atoms with Gasteiger partial charge in [-0.25, -0.2) is 0 Å². The molecule has 1 N–H and O–H groups in total. The number of esters is 1. The van der Waals surface area contributed by atoms with Crippen molar-refractivity contribution in [3.8, 4) is 0 Å². The maximum absolute atomic E-state index is 13.2. The molecule has 6 rings (SSSR count). The molecule has 0 spiro atoms. The van der Waals surface area contributed by atoms with Gasteiger partial charge in [-0.3, -0.25) is 9.69 Å². The van der Waals surface area contributed by atoms with Crippen molar-refractivity contribution in [3.63, 3.8) is 0 Å². The van der Waals surface area contributed by atoms with Crippen molar-refractivity contribution >= 4 is 16.9 Å². The van der Waals surface area contributed by atoms with Crippen molar-refractivity contribution in [3.05, 3.63) is 35.5 Å². The largest absolute Gasteiger partial charge is 0.468 e. The number of carbonyl (C=O) groups excluding carboxylic acids is 1. The van der Waals surface area contributed by atoms with E-state index in [1.54, 1.807) is 7.11 Å². The van der Waals surface area contributed by atoms with Crippen LogP contribution in [0.2, 0.25) is 0 Å². The first-order valence-corrected chi connectivity index (χ1v) is 9.07. The minimum Gasteiger partial charge on any atom is -0.468 e. The lowest BCUT2D eigenvalue weighted by Crippen LogP contribution is -2.66. The number of hydrogen-bond donors (Lipinski definition) is 1. The van der Waals surface area contributed by atoms with E-state index in [0.717, 1.165) is 37.1 Å². The number of rotatable bonds is 1. The summed E-state index contributed by atoms with van der Waals surface area (Å²) in [5.41, 5.74) is 3.09. The fourth-order valence-electron chi connectivity index (χ4n) is 6.12. The summed E-state index contributed by atoms with van der Waals surface area (Å²) in [6, 6.07) is 8.71. The zero-order valence-electron chi connectivity index (χ0n) is 14.3. The number of piperidine rings is 2. The van der Waals surface area contributed by atoms with Crippen LogP contribution in [0.5, 0.6) is 0 Å². The number of H-pyrrole nitrogens is 1. The van der Waals surface area contributed by atoms with Crippen LogP contribution in [0.15, 0.2) is 24.3 Å². The topological polar surface area (TPSA) is 45.3 Å². The Morgan fingerprint density at radius 3 is 3.00 bits per heavy atom. The second kappa shape index (κ2) is 4.85. The number of aromatic nitrogens is 1. The molecule has 1 saturated carbocycles. The molecule has 4 bridgehead atoms. The van der Waals surface area contributed by atoms with Crippen LogP contribution in [0.1, 0.15) is 31.0 Å². The van der Waals surface area contributed by atoms with Crippen LogP contribution in [0.3, 0.4) is 0 Å². The van der Waals surface area contributed by atoms with E-state index in [-0.39, 0.29) is 12.0 Å². The molecule has 3 aliphatic heterocycles. The molecule has 1 unspecified atom stereocenters. The first-order chi connectivity index (χ1) is 11.6. The summed E-state index contributed by atoms with van der Waals surface area (Å²) >= 11 is 0. The highest BCUT2D eigenvalue weighted by Crippen LogP contribution is 2.54. The average Bonchev–Trinajstić information content (AvgIpc) is 2.93. The average molecular weight is 324 g/mol. The zero-order valence-corrected chi connectivity index (χ0v) is 14.3. The van der Waals surface area contributed by atoms with Crippen molar-refractivity contribution in [1.29, 1.82) is 0 Å². The van der Waals surface area contributed by atoms with E-state index in [9.17, 15) is 4.79 Å². The molecule has 24 heavy (non-hydrogen) atoms. The van der Waals surface area contributed by atoms with Gasteiger partial charge in [0.25, 0.3) is 0 Å². The fourth-order valence-corrected chi connectivity index (χ4v) is 6.12. The Morgan fingerprint density at radius 2 is 2.21 bits per heavy atom. The molecule has 4 aliphatic rings. The van der Waals surface area contributed by atoms with Crippen LogP contribution >= 0.6 is 0 Å². The number of methoxy groups -OCH3 is 1. The molecule has 4 heterocycles. The number of nitrogens with zero attached hydrogens (tertiary/aromatic N) is 1. The third kappa shape index (κ3) is 1.65. The molecule has 0 amide bonds. The van der Waals surface area contributed by atoms with Crippen molar-refractivity contribution in [2.24, 2.45) is 11.8 Å². The van der Waals surface area contributed by atoms with Gasteiger partial charge in [0.15, 0.2) is 0 Å². The Bertz CT molecular complexity index is 826. The highest BCUT2D eigenvalue weighted by atomic mass is 16.5. The number of aromatic amines is 1. The van der Waals surface area contributed by atoms with E-state index in [0.29, 0.717) is 11.8 Å². The van der Waals surface area contributed by atoms with Gasteiger partial charge in [0.05, 0.1) is 7.11 Å². The fraction of sp³-hybridized carbons (Fsp3) is 0.550. The van der Waals surface area contributed by atoms with Crippen LogP contribution < -0.4 is 0 Å². The first kappa shape index (κ1) is 14.5. The highest BCUT2D eigenvalue weighted by Gasteiger charge is 2.62. The normalized spacial score (nSPS) is 37.1. The van der Waals surface area contributed by atoms with Crippen molar-refractivity contribution in [2.45, 2.75) is 37.6 Å². The Balaban J connectivity index is 1.82. The van der Waals surface area contributed by atoms with Gasteiger partial charge in [0.2, 0.25) is 0 Å². The molecule has 1 aromatic heterocycles. The van der Waals surface area contributed by atoms with E-state index in [1.165, 1.54) is 17.4 Å². The van der Waals surface area contributed by atoms with Gasteiger partial charge < -0.3 is 9.72 Å². The lowest BCUT2D eigenvalue weighted by Gasteiger charge is -2.57. The maximum Gasteiger partial charge on any atom is 0.319 e. The van der Waals surface area contributed by atoms with Crippen LogP contribution in [0.4, 0.5) is 0 Å². The van der Waals surface area contributed by atoms with Gasteiger partial charge in [-0.15, -0.1) is 0 Å². The number of ether oxygens (including phenoxy) is 1. The molecule has 3 fully saturated rings. The number of nitrogens with one attached hydrogen (secondary N) is 1. The molecule has 2 aromatic rings. The number of hydrogen-bond acceptors (Lipinski definition) is 3. The summed E-state index contributed by atoms with van der Waals surface area (Å²) in [7, 11) is 1.54. The van der Waals surface area contributed by atoms with Crippen molar-refractivity contribution < 1.29 is 9.53 Å². The van der Waals surface area contributed by atoms with Crippen LogP contribution in [-0.4, -0.2) is 42.1 Å². The maximum atomic E-state index is 13.2. The second-order valence-corrected chi connectivity index (χ2v) is 7.96. The summed E-state index contributed by atoms with van der Waals surface area (Å²) in [6.45, 7) is 4.49. The number of para-hydroxylation sites is 1. The third-order valence-electron chi connectivity index (χ3n) is 6.70. The van der Waals surface area contributed by atoms with Gasteiger partial charge in [-0.1, -0.05) is 25.1 Å². The summed E-state index contributed by atoms with van der Waals surface area (Å²) in [4.78, 5) is 19.4. The van der Waals surface area contributed by atoms with Crippen LogP contribution in [0.25, 0.3) is 10.9 Å². The van der Waals surface area contributed by atoms with Gasteiger partial charge >= 0.3 is 5.97 Å². The molecule has 2 saturated heterocycles.